The van der Waals surface area contributed by atoms with Crippen molar-refractivity contribution in [3.8, 4) is 0 Å². The molecular weight excluding hydrogens is 404 g/mol. The molecule has 0 aliphatic heterocycles. The molecule has 28 heavy (non-hydrogen) atoms. The number of hydrogen-bond acceptors (Lipinski definition) is 7. The summed E-state index contributed by atoms with van der Waals surface area (Å²) in [5.74, 6) is -1.20. The molecule has 0 aliphatic carbocycles. The van der Waals surface area contributed by atoms with Crippen molar-refractivity contribution < 1.29 is 23.2 Å². The van der Waals surface area contributed by atoms with Crippen LogP contribution >= 0.6 is 11.3 Å². The van der Waals surface area contributed by atoms with Crippen LogP contribution in [-0.2, 0) is 14.8 Å². The van der Waals surface area contributed by atoms with Gasteiger partial charge in [0.2, 0.25) is 10.0 Å². The van der Waals surface area contributed by atoms with Crippen LogP contribution in [0.1, 0.15) is 30.4 Å². The van der Waals surface area contributed by atoms with E-state index in [0.717, 1.165) is 4.31 Å². The van der Waals surface area contributed by atoms with Crippen molar-refractivity contribution in [2.24, 2.45) is 5.92 Å². The van der Waals surface area contributed by atoms with Gasteiger partial charge in [-0.05, 0) is 37.1 Å². The molecule has 1 unspecified atom stereocenters. The molecule has 0 spiro atoms. The van der Waals surface area contributed by atoms with E-state index in [-0.39, 0.29) is 23.3 Å². The zero-order valence-corrected chi connectivity index (χ0v) is 17.3. The highest BCUT2D eigenvalue weighted by Crippen LogP contribution is 2.22. The highest BCUT2D eigenvalue weighted by molar-refractivity contribution is 7.89. The number of benzene rings is 1. The first-order valence-corrected chi connectivity index (χ1v) is 10.7. The second kappa shape index (κ2) is 9.24. The maximum absolute atomic E-state index is 13.0. The first-order chi connectivity index (χ1) is 13.2. The fraction of sp³-hybridized carbons (Fsp3) is 0.353. The second-order valence-electron chi connectivity index (χ2n) is 6.46. The standard InChI is InChI=1S/C17H22N4O5S2/c1-11(2)9-21(12(3)16(22)20-24)28(25,26)14-6-4-13(5-7-14)19-17(23)15-8-18-10-27-15/h4-8,10-12,24H,9H2,1-3H3,(H,19,23)(H,20,22). The first kappa shape index (κ1) is 22.0. The van der Waals surface area contributed by atoms with Gasteiger partial charge in [0.1, 0.15) is 10.9 Å². The van der Waals surface area contributed by atoms with Crippen LogP contribution in [0.5, 0.6) is 0 Å². The lowest BCUT2D eigenvalue weighted by atomic mass is 10.2. The molecule has 1 heterocycles. The Hall–Kier alpha value is -2.34. The topological polar surface area (TPSA) is 129 Å². The molecular formula is C17H22N4O5S2. The van der Waals surface area contributed by atoms with E-state index in [1.165, 1.54) is 59.7 Å². The molecule has 0 radical (unpaired) electrons. The van der Waals surface area contributed by atoms with Gasteiger partial charge in [-0.1, -0.05) is 13.8 Å². The summed E-state index contributed by atoms with van der Waals surface area (Å²) in [6.45, 7) is 5.14. The third kappa shape index (κ3) is 5.13. The SMILES string of the molecule is CC(C)CN(C(C)C(=O)NO)S(=O)(=O)c1ccc(NC(=O)c2cncs2)cc1. The normalized spacial score (nSPS) is 12.8. The molecule has 9 nitrogen and oxygen atoms in total. The Morgan fingerprint density at radius 2 is 1.86 bits per heavy atom. The maximum atomic E-state index is 13.0. The van der Waals surface area contributed by atoms with Crippen molar-refractivity contribution in [2.45, 2.75) is 31.7 Å². The minimum atomic E-state index is -4.00. The third-order valence-electron chi connectivity index (χ3n) is 3.84. The largest absolute Gasteiger partial charge is 0.321 e. The quantitative estimate of drug-likeness (QED) is 0.437. The molecule has 0 saturated heterocycles. The van der Waals surface area contributed by atoms with E-state index < -0.39 is 22.0 Å². The number of anilines is 1. The highest BCUT2D eigenvalue weighted by Gasteiger charge is 2.33. The van der Waals surface area contributed by atoms with Gasteiger partial charge in [-0.15, -0.1) is 11.3 Å². The number of carbonyl (C=O) groups is 2. The summed E-state index contributed by atoms with van der Waals surface area (Å²) in [6.07, 6.45) is 1.44. The number of hydroxylamine groups is 1. The number of thiazole rings is 1. The van der Waals surface area contributed by atoms with Gasteiger partial charge in [-0.3, -0.25) is 19.8 Å². The summed E-state index contributed by atoms with van der Waals surface area (Å²) < 4.78 is 27.1. The number of amides is 2. The minimum absolute atomic E-state index is 0.0264. The van der Waals surface area contributed by atoms with Gasteiger partial charge in [0.15, 0.2) is 0 Å². The average molecular weight is 427 g/mol. The van der Waals surface area contributed by atoms with Gasteiger partial charge in [-0.25, -0.2) is 13.9 Å². The monoisotopic (exact) mass is 426 g/mol. The van der Waals surface area contributed by atoms with Crippen LogP contribution in [0.2, 0.25) is 0 Å². The van der Waals surface area contributed by atoms with Crippen LogP contribution in [0.15, 0.2) is 40.9 Å². The lowest BCUT2D eigenvalue weighted by Crippen LogP contribution is -2.48. The molecule has 1 aromatic carbocycles. The molecule has 0 fully saturated rings. The number of rotatable bonds is 8. The molecule has 152 valence electrons. The summed E-state index contributed by atoms with van der Waals surface area (Å²) in [7, 11) is -4.00. The number of sulfonamides is 1. The highest BCUT2D eigenvalue weighted by atomic mass is 32.2. The van der Waals surface area contributed by atoms with E-state index in [0.29, 0.717) is 10.6 Å². The second-order valence-corrected chi connectivity index (χ2v) is 9.24. The molecule has 1 aromatic heterocycles. The molecule has 0 saturated carbocycles. The third-order valence-corrected chi connectivity index (χ3v) is 6.56. The van der Waals surface area contributed by atoms with Crippen molar-refractivity contribution in [1.82, 2.24) is 14.8 Å². The van der Waals surface area contributed by atoms with Crippen molar-refractivity contribution in [3.63, 3.8) is 0 Å². The maximum Gasteiger partial charge on any atom is 0.267 e. The Labute approximate surface area is 167 Å². The van der Waals surface area contributed by atoms with E-state index in [2.05, 4.69) is 10.3 Å². The molecule has 0 aliphatic rings. The van der Waals surface area contributed by atoms with Crippen LogP contribution in [-0.4, -0.2) is 47.3 Å². The Bertz CT molecular complexity index is 912. The van der Waals surface area contributed by atoms with E-state index in [4.69, 9.17) is 5.21 Å². The van der Waals surface area contributed by atoms with Gasteiger partial charge in [0, 0.05) is 12.2 Å². The van der Waals surface area contributed by atoms with Crippen LogP contribution in [0.25, 0.3) is 0 Å². The number of aromatic nitrogens is 1. The molecule has 3 N–H and O–H groups in total. The average Bonchev–Trinajstić information content (AvgIpc) is 3.20. The minimum Gasteiger partial charge on any atom is -0.321 e. The number of nitrogens with zero attached hydrogens (tertiary/aromatic N) is 2. The van der Waals surface area contributed by atoms with Crippen LogP contribution in [0.3, 0.4) is 0 Å². The summed E-state index contributed by atoms with van der Waals surface area (Å²) >= 11 is 1.19. The predicted octanol–water partition coefficient (Wildman–Crippen LogP) is 1.94. The van der Waals surface area contributed by atoms with E-state index in [9.17, 15) is 18.0 Å². The molecule has 2 rings (SSSR count). The fourth-order valence-corrected chi connectivity index (χ4v) is 4.69. The molecule has 0 bridgehead atoms. The Balaban J connectivity index is 2.25. The van der Waals surface area contributed by atoms with Gasteiger partial charge in [0.05, 0.1) is 16.6 Å². The molecule has 2 aromatic rings. The van der Waals surface area contributed by atoms with E-state index in [1.54, 1.807) is 0 Å². The lowest BCUT2D eigenvalue weighted by molar-refractivity contribution is -0.132. The number of nitrogens with one attached hydrogen (secondary N) is 2. The number of carbonyl (C=O) groups excluding carboxylic acids is 2. The van der Waals surface area contributed by atoms with Gasteiger partial charge in [-0.2, -0.15) is 4.31 Å². The molecule has 1 atom stereocenters. The van der Waals surface area contributed by atoms with E-state index in [1.807, 2.05) is 13.8 Å². The summed E-state index contributed by atoms with van der Waals surface area (Å²) in [4.78, 5) is 28.1. The summed E-state index contributed by atoms with van der Waals surface area (Å²) in [6, 6.07) is 4.55. The Morgan fingerprint density at radius 1 is 1.21 bits per heavy atom. The molecule has 11 heteroatoms. The van der Waals surface area contributed by atoms with Crippen molar-refractivity contribution in [2.75, 3.05) is 11.9 Å². The summed E-state index contributed by atoms with van der Waals surface area (Å²) in [5, 5.41) is 11.5. The lowest BCUT2D eigenvalue weighted by Gasteiger charge is -2.28. The van der Waals surface area contributed by atoms with E-state index >= 15 is 0 Å². The number of hydrogen-bond donors (Lipinski definition) is 3. The van der Waals surface area contributed by atoms with Crippen molar-refractivity contribution >= 4 is 38.9 Å². The Morgan fingerprint density at radius 3 is 2.36 bits per heavy atom. The van der Waals surface area contributed by atoms with Crippen molar-refractivity contribution in [3.05, 3.63) is 40.8 Å². The smallest absolute Gasteiger partial charge is 0.267 e. The van der Waals surface area contributed by atoms with Gasteiger partial charge in [0.25, 0.3) is 11.8 Å². The predicted molar refractivity (Wildman–Crippen MR) is 105 cm³/mol. The van der Waals surface area contributed by atoms with Crippen LogP contribution in [0.4, 0.5) is 5.69 Å². The summed E-state index contributed by atoms with van der Waals surface area (Å²) in [5.41, 5.74) is 3.45. The van der Waals surface area contributed by atoms with Gasteiger partial charge < -0.3 is 5.32 Å². The zero-order chi connectivity index (χ0) is 20.9. The van der Waals surface area contributed by atoms with Crippen LogP contribution < -0.4 is 10.8 Å². The van der Waals surface area contributed by atoms with Gasteiger partial charge >= 0.3 is 0 Å². The zero-order valence-electron chi connectivity index (χ0n) is 15.6. The molecule has 2 amide bonds. The Kier molecular flexibility index (Phi) is 7.24. The van der Waals surface area contributed by atoms with Crippen molar-refractivity contribution in [1.29, 1.82) is 0 Å². The fourth-order valence-electron chi connectivity index (χ4n) is 2.41. The first-order valence-electron chi connectivity index (χ1n) is 8.42. The van der Waals surface area contributed by atoms with Crippen LogP contribution in [0, 0.1) is 5.92 Å².